The van der Waals surface area contributed by atoms with Crippen LogP contribution in [-0.4, -0.2) is 5.97 Å². The lowest BCUT2D eigenvalue weighted by atomic mass is 10.1. The van der Waals surface area contributed by atoms with Crippen molar-refractivity contribution in [2.45, 2.75) is 6.04 Å². The van der Waals surface area contributed by atoms with Gasteiger partial charge in [-0.3, -0.25) is 0 Å². The number of quaternary nitrogens is 1. The van der Waals surface area contributed by atoms with Gasteiger partial charge in [0, 0.05) is 5.56 Å². The Bertz CT molecular complexity index is 341. The highest BCUT2D eigenvalue weighted by Gasteiger charge is 2.12. The molecule has 3 nitrogen and oxygen atoms in total. The van der Waals surface area contributed by atoms with Gasteiger partial charge in [0.1, 0.15) is 5.97 Å². The molecule has 0 saturated carbocycles. The van der Waals surface area contributed by atoms with Gasteiger partial charge in [-0.05, 0) is 18.2 Å². The number of carbonyl (C=O) groups is 1. The number of benzene rings is 1. The van der Waals surface area contributed by atoms with Crippen molar-refractivity contribution in [3.63, 3.8) is 0 Å². The average Bonchev–Trinajstić information content (AvgIpc) is 2.08. The minimum atomic E-state index is -1.42. The van der Waals surface area contributed by atoms with Crippen LogP contribution in [0.4, 0.5) is 8.78 Å². The fraction of sp³-hybridized carbons (Fsp3) is 0.125. The molecule has 0 bridgehead atoms. The molecule has 1 rings (SSSR count). The van der Waals surface area contributed by atoms with Crippen LogP contribution in [0.2, 0.25) is 0 Å². The lowest BCUT2D eigenvalue weighted by Gasteiger charge is -2.09. The van der Waals surface area contributed by atoms with Gasteiger partial charge in [-0.1, -0.05) is 0 Å². The van der Waals surface area contributed by atoms with E-state index in [1.807, 2.05) is 0 Å². The topological polar surface area (TPSA) is 67.8 Å². The lowest BCUT2D eigenvalue weighted by Crippen LogP contribution is -2.61. The van der Waals surface area contributed by atoms with Crippen LogP contribution in [-0.2, 0) is 4.79 Å². The zero-order valence-corrected chi connectivity index (χ0v) is 6.59. The molecule has 5 heteroatoms. The molecule has 1 aromatic rings. The second-order valence-corrected chi connectivity index (χ2v) is 2.55. The summed E-state index contributed by atoms with van der Waals surface area (Å²) >= 11 is 0. The molecule has 0 radical (unpaired) electrons. The van der Waals surface area contributed by atoms with Gasteiger partial charge in [0.25, 0.3) is 0 Å². The Morgan fingerprint density at radius 2 is 2.00 bits per heavy atom. The molecule has 0 aromatic heterocycles. The number of hydrogen-bond donors (Lipinski definition) is 1. The molecule has 70 valence electrons. The maximum Gasteiger partial charge on any atom is 0.159 e. The van der Waals surface area contributed by atoms with Gasteiger partial charge in [-0.15, -0.1) is 0 Å². The predicted molar refractivity (Wildman–Crippen MR) is 37.0 cm³/mol. The normalized spacial score (nSPS) is 12.5. The Morgan fingerprint density at radius 3 is 2.46 bits per heavy atom. The molecule has 0 fully saturated rings. The monoisotopic (exact) mass is 187 g/mol. The molecular formula is C8H7F2NO2. The fourth-order valence-electron chi connectivity index (χ4n) is 0.865. The summed E-state index contributed by atoms with van der Waals surface area (Å²) in [5.41, 5.74) is 3.31. The highest BCUT2D eigenvalue weighted by atomic mass is 19.2. The Labute approximate surface area is 72.8 Å². The van der Waals surface area contributed by atoms with Crippen LogP contribution in [0.15, 0.2) is 18.2 Å². The first-order chi connectivity index (χ1) is 6.02. The van der Waals surface area contributed by atoms with Crippen LogP contribution >= 0.6 is 0 Å². The number of aliphatic carboxylic acids is 1. The summed E-state index contributed by atoms with van der Waals surface area (Å²) in [6.45, 7) is 0. The maximum atomic E-state index is 12.6. The third-order valence-corrected chi connectivity index (χ3v) is 1.63. The summed E-state index contributed by atoms with van der Waals surface area (Å²) in [6.07, 6.45) is 0. The van der Waals surface area contributed by atoms with Crippen molar-refractivity contribution in [1.82, 2.24) is 0 Å². The second kappa shape index (κ2) is 3.49. The maximum absolute atomic E-state index is 12.6. The molecule has 1 aromatic carbocycles. The Hall–Kier alpha value is -1.49. The van der Waals surface area contributed by atoms with Crippen molar-refractivity contribution in [2.75, 3.05) is 0 Å². The first-order valence-electron chi connectivity index (χ1n) is 3.51. The quantitative estimate of drug-likeness (QED) is 0.645. The fourth-order valence-corrected chi connectivity index (χ4v) is 0.865. The van der Waals surface area contributed by atoms with Crippen molar-refractivity contribution in [2.24, 2.45) is 0 Å². The lowest BCUT2D eigenvalue weighted by molar-refractivity contribution is -0.443. The summed E-state index contributed by atoms with van der Waals surface area (Å²) in [6, 6.07) is 1.62. The van der Waals surface area contributed by atoms with E-state index in [4.69, 9.17) is 0 Å². The summed E-state index contributed by atoms with van der Waals surface area (Å²) in [7, 11) is 0. The predicted octanol–water partition coefficient (Wildman–Crippen LogP) is -1.00. The van der Waals surface area contributed by atoms with Crippen molar-refractivity contribution >= 4 is 5.97 Å². The van der Waals surface area contributed by atoms with E-state index in [0.29, 0.717) is 0 Å². The van der Waals surface area contributed by atoms with E-state index >= 15 is 0 Å². The van der Waals surface area contributed by atoms with E-state index in [1.165, 1.54) is 0 Å². The molecule has 0 aliphatic heterocycles. The van der Waals surface area contributed by atoms with Crippen LogP contribution in [0.5, 0.6) is 0 Å². The second-order valence-electron chi connectivity index (χ2n) is 2.55. The molecule has 0 aliphatic rings. The molecule has 0 heterocycles. The highest BCUT2D eigenvalue weighted by Crippen LogP contribution is 2.12. The van der Waals surface area contributed by atoms with Gasteiger partial charge in [0.05, 0.1) is 0 Å². The number of halogens is 2. The van der Waals surface area contributed by atoms with Gasteiger partial charge in [0.2, 0.25) is 0 Å². The number of carboxylic acids is 1. The summed E-state index contributed by atoms with van der Waals surface area (Å²) in [5, 5.41) is 10.3. The van der Waals surface area contributed by atoms with Gasteiger partial charge >= 0.3 is 0 Å². The van der Waals surface area contributed by atoms with Gasteiger partial charge in [0.15, 0.2) is 17.7 Å². The minimum Gasteiger partial charge on any atom is -0.544 e. The largest absolute Gasteiger partial charge is 0.544 e. The molecule has 0 saturated heterocycles. The number of hydrogen-bond acceptors (Lipinski definition) is 2. The first kappa shape index (κ1) is 9.60. The average molecular weight is 187 g/mol. The molecule has 0 spiro atoms. The van der Waals surface area contributed by atoms with E-state index in [9.17, 15) is 18.7 Å². The van der Waals surface area contributed by atoms with E-state index in [0.717, 1.165) is 18.2 Å². The molecule has 0 amide bonds. The van der Waals surface area contributed by atoms with Crippen molar-refractivity contribution in [1.29, 1.82) is 0 Å². The standard InChI is InChI=1S/C8H7F2NO2/c9-5-2-1-4(3-6(5)10)7(11)8(12)13/h1-3,7H,11H2,(H,12,13)/t7-/m0/s1. The van der Waals surface area contributed by atoms with Crippen molar-refractivity contribution < 1.29 is 24.4 Å². The highest BCUT2D eigenvalue weighted by molar-refractivity contribution is 5.71. The molecule has 0 aliphatic carbocycles. The third kappa shape index (κ3) is 2.00. The molecule has 0 unspecified atom stereocenters. The van der Waals surface area contributed by atoms with E-state index in [-0.39, 0.29) is 5.56 Å². The van der Waals surface area contributed by atoms with E-state index in [1.54, 1.807) is 0 Å². The number of rotatable bonds is 2. The van der Waals surface area contributed by atoms with E-state index in [2.05, 4.69) is 5.73 Å². The Kier molecular flexibility index (Phi) is 2.57. The van der Waals surface area contributed by atoms with Crippen molar-refractivity contribution in [3.05, 3.63) is 35.4 Å². The third-order valence-electron chi connectivity index (χ3n) is 1.63. The van der Waals surface area contributed by atoms with Crippen LogP contribution in [0, 0.1) is 11.6 Å². The summed E-state index contributed by atoms with van der Waals surface area (Å²) in [5.74, 6) is -3.53. The first-order valence-corrected chi connectivity index (χ1v) is 3.51. The molecule has 13 heavy (non-hydrogen) atoms. The minimum absolute atomic E-state index is 0.0823. The van der Waals surface area contributed by atoms with Crippen LogP contribution in [0.25, 0.3) is 0 Å². The molecular weight excluding hydrogens is 180 g/mol. The zero-order valence-electron chi connectivity index (χ0n) is 6.59. The number of carboxylic acid groups (broad SMARTS) is 1. The van der Waals surface area contributed by atoms with Gasteiger partial charge in [-0.2, -0.15) is 0 Å². The van der Waals surface area contributed by atoms with Gasteiger partial charge in [-0.25, -0.2) is 8.78 Å². The molecule has 3 N–H and O–H groups in total. The van der Waals surface area contributed by atoms with Crippen LogP contribution in [0.3, 0.4) is 0 Å². The van der Waals surface area contributed by atoms with Crippen LogP contribution in [0.1, 0.15) is 11.6 Å². The zero-order chi connectivity index (χ0) is 10.0. The van der Waals surface area contributed by atoms with Crippen molar-refractivity contribution in [3.8, 4) is 0 Å². The summed E-state index contributed by atoms with van der Waals surface area (Å²) in [4.78, 5) is 10.3. The van der Waals surface area contributed by atoms with Crippen LogP contribution < -0.4 is 10.8 Å². The SMILES string of the molecule is [NH3+][C@H](C(=O)[O-])c1ccc(F)c(F)c1. The smallest absolute Gasteiger partial charge is 0.159 e. The number of carbonyl (C=O) groups excluding carboxylic acids is 1. The Morgan fingerprint density at radius 1 is 1.38 bits per heavy atom. The Balaban J connectivity index is 3.03. The van der Waals surface area contributed by atoms with Gasteiger partial charge < -0.3 is 15.6 Å². The summed E-state index contributed by atoms with van der Waals surface area (Å²) < 4.78 is 25.0. The van der Waals surface area contributed by atoms with E-state index < -0.39 is 23.6 Å². The molecule has 1 atom stereocenters.